The zero-order valence-corrected chi connectivity index (χ0v) is 7.38. The van der Waals surface area contributed by atoms with E-state index in [9.17, 15) is 8.78 Å². The first-order chi connectivity index (χ1) is 5.56. The molecular weight excluding hydrogens is 162 g/mol. The molecule has 4 heteroatoms. The molecular formula is C8H12F2N2. The molecule has 0 N–H and O–H groups in total. The Morgan fingerprint density at radius 2 is 1.92 bits per heavy atom. The van der Waals surface area contributed by atoms with Gasteiger partial charge in [-0.3, -0.25) is 4.99 Å². The number of aliphatic imine (C=N–C) groups is 2. The van der Waals surface area contributed by atoms with Crippen LogP contribution in [0.1, 0.15) is 13.8 Å². The molecule has 0 unspecified atom stereocenters. The molecule has 0 heterocycles. The van der Waals surface area contributed by atoms with Gasteiger partial charge >= 0.3 is 0 Å². The van der Waals surface area contributed by atoms with E-state index in [2.05, 4.69) is 9.98 Å². The third kappa shape index (κ3) is 5.70. The van der Waals surface area contributed by atoms with E-state index in [-0.39, 0.29) is 5.92 Å². The molecule has 0 aromatic carbocycles. The number of rotatable bonds is 3. The Morgan fingerprint density at radius 1 is 1.33 bits per heavy atom. The number of nitrogens with zero attached hydrogens (tertiary/aromatic N) is 2. The van der Waals surface area contributed by atoms with Crippen molar-refractivity contribution in [3.05, 3.63) is 12.0 Å². The molecule has 0 aliphatic heterocycles. The second-order valence-electron chi connectivity index (χ2n) is 2.54. The van der Waals surface area contributed by atoms with Crippen LogP contribution in [-0.2, 0) is 0 Å². The first kappa shape index (κ1) is 10.9. The first-order valence-electron chi connectivity index (χ1n) is 3.60. The summed E-state index contributed by atoms with van der Waals surface area (Å²) in [6, 6.07) is 0. The molecule has 0 aliphatic carbocycles. The fourth-order valence-electron chi connectivity index (χ4n) is 0.491. The maximum absolute atomic E-state index is 12.6. The average molecular weight is 174 g/mol. The fraction of sp³-hybridized carbons (Fsp3) is 0.500. The van der Waals surface area contributed by atoms with E-state index >= 15 is 0 Å². The summed E-state index contributed by atoms with van der Waals surface area (Å²) >= 11 is 0. The quantitative estimate of drug-likeness (QED) is 0.464. The summed E-state index contributed by atoms with van der Waals surface area (Å²) in [6.45, 7) is 3.61. The van der Waals surface area contributed by atoms with Crippen LogP contribution in [0.5, 0.6) is 0 Å². The summed E-state index contributed by atoms with van der Waals surface area (Å²) in [5.74, 6) is -1.42. The van der Waals surface area contributed by atoms with Crippen LogP contribution in [0.2, 0.25) is 0 Å². The van der Waals surface area contributed by atoms with E-state index < -0.39 is 11.9 Å². The third-order valence-corrected chi connectivity index (χ3v) is 0.979. The monoisotopic (exact) mass is 174 g/mol. The molecule has 68 valence electrons. The van der Waals surface area contributed by atoms with Gasteiger partial charge in [0, 0.05) is 7.05 Å². The summed E-state index contributed by atoms with van der Waals surface area (Å²) < 4.78 is 24.8. The zero-order valence-electron chi connectivity index (χ0n) is 7.38. The summed E-state index contributed by atoms with van der Waals surface area (Å²) in [5.41, 5.74) is 0. The van der Waals surface area contributed by atoms with Gasteiger partial charge in [-0.1, -0.05) is 13.8 Å². The molecule has 0 atom stereocenters. The Kier molecular flexibility index (Phi) is 5.08. The number of halogens is 2. The highest BCUT2D eigenvalue weighted by molar-refractivity contribution is 6.25. The lowest BCUT2D eigenvalue weighted by Gasteiger charge is -1.92. The highest BCUT2D eigenvalue weighted by Crippen LogP contribution is 2.03. The van der Waals surface area contributed by atoms with Gasteiger partial charge in [-0.15, -0.1) is 0 Å². The van der Waals surface area contributed by atoms with Crippen LogP contribution in [0, 0.1) is 5.92 Å². The standard InChI is InChI=1S/C8H12F2N2/c1-6(2)4-7(9)12-5-8(10)11-3/h4-6H,1-3H3/b7-4+,11-8?,12-5?. The number of hydrogen-bond acceptors (Lipinski definition) is 2. The molecule has 2 nitrogen and oxygen atoms in total. The predicted molar refractivity (Wildman–Crippen MR) is 47.0 cm³/mol. The van der Waals surface area contributed by atoms with Gasteiger partial charge in [0.15, 0.2) is 0 Å². The molecule has 0 aromatic heterocycles. The molecule has 0 bridgehead atoms. The van der Waals surface area contributed by atoms with Gasteiger partial charge in [-0.25, -0.2) is 4.99 Å². The molecule has 0 spiro atoms. The van der Waals surface area contributed by atoms with Crippen molar-refractivity contribution in [3.63, 3.8) is 0 Å². The van der Waals surface area contributed by atoms with E-state index in [1.54, 1.807) is 13.8 Å². The second-order valence-corrected chi connectivity index (χ2v) is 2.54. The van der Waals surface area contributed by atoms with Gasteiger partial charge in [-0.05, 0) is 12.0 Å². The smallest absolute Gasteiger partial charge is 0.226 e. The Hall–Kier alpha value is -1.06. The molecule has 0 rings (SSSR count). The topological polar surface area (TPSA) is 24.7 Å². The lowest BCUT2D eigenvalue weighted by molar-refractivity contribution is 0.609. The Balaban J connectivity index is 4.17. The van der Waals surface area contributed by atoms with Crippen molar-refractivity contribution in [1.29, 1.82) is 0 Å². The SMILES string of the molecule is CN=C(F)C=N/C(F)=C/C(C)C. The normalized spacial score (nSPS) is 14.8. The largest absolute Gasteiger partial charge is 0.260 e. The Labute approximate surface area is 70.7 Å². The Bertz CT molecular complexity index is 217. The van der Waals surface area contributed by atoms with Gasteiger partial charge in [0.05, 0.1) is 6.21 Å². The van der Waals surface area contributed by atoms with Crippen molar-refractivity contribution in [2.75, 3.05) is 7.05 Å². The van der Waals surface area contributed by atoms with Crippen molar-refractivity contribution in [2.45, 2.75) is 13.8 Å². The molecule has 0 aliphatic rings. The van der Waals surface area contributed by atoms with E-state index in [0.29, 0.717) is 0 Å². The molecule has 0 radical (unpaired) electrons. The summed E-state index contributed by atoms with van der Waals surface area (Å²) in [7, 11) is 1.27. The average Bonchev–Trinajstić information content (AvgIpc) is 1.99. The second kappa shape index (κ2) is 5.57. The van der Waals surface area contributed by atoms with Crippen LogP contribution in [0.3, 0.4) is 0 Å². The summed E-state index contributed by atoms with van der Waals surface area (Å²) in [4.78, 5) is 6.35. The van der Waals surface area contributed by atoms with E-state index in [4.69, 9.17) is 0 Å². The maximum Gasteiger partial charge on any atom is 0.226 e. The minimum atomic E-state index is -0.790. The van der Waals surface area contributed by atoms with E-state index in [1.807, 2.05) is 0 Å². The summed E-state index contributed by atoms with van der Waals surface area (Å²) in [6.07, 6.45) is 2.04. The van der Waals surface area contributed by atoms with Crippen LogP contribution >= 0.6 is 0 Å². The minimum absolute atomic E-state index is 0.0591. The van der Waals surface area contributed by atoms with Crippen LogP contribution in [-0.4, -0.2) is 19.2 Å². The molecule has 0 saturated carbocycles. The van der Waals surface area contributed by atoms with Crippen LogP contribution < -0.4 is 0 Å². The molecule has 0 saturated heterocycles. The zero-order chi connectivity index (χ0) is 9.56. The van der Waals surface area contributed by atoms with Crippen molar-refractivity contribution >= 4 is 12.2 Å². The molecule has 0 amide bonds. The highest BCUT2D eigenvalue weighted by atomic mass is 19.1. The van der Waals surface area contributed by atoms with Crippen molar-refractivity contribution in [1.82, 2.24) is 0 Å². The lowest BCUT2D eigenvalue weighted by Crippen LogP contribution is -1.89. The van der Waals surface area contributed by atoms with Crippen molar-refractivity contribution in [2.24, 2.45) is 15.9 Å². The number of allylic oxidation sites excluding steroid dienone is 1. The lowest BCUT2D eigenvalue weighted by atomic mass is 10.2. The van der Waals surface area contributed by atoms with E-state index in [1.165, 1.54) is 13.1 Å². The van der Waals surface area contributed by atoms with Gasteiger partial charge < -0.3 is 0 Å². The van der Waals surface area contributed by atoms with Crippen LogP contribution in [0.4, 0.5) is 8.78 Å². The Morgan fingerprint density at radius 3 is 2.33 bits per heavy atom. The van der Waals surface area contributed by atoms with Crippen LogP contribution in [0.15, 0.2) is 22.0 Å². The first-order valence-corrected chi connectivity index (χ1v) is 3.60. The van der Waals surface area contributed by atoms with Gasteiger partial charge in [0.1, 0.15) is 0 Å². The summed E-state index contributed by atoms with van der Waals surface area (Å²) in [5, 5.41) is 0. The van der Waals surface area contributed by atoms with E-state index in [0.717, 1.165) is 6.21 Å². The van der Waals surface area contributed by atoms with Gasteiger partial charge in [0.2, 0.25) is 11.9 Å². The van der Waals surface area contributed by atoms with Gasteiger partial charge in [-0.2, -0.15) is 8.78 Å². The third-order valence-electron chi connectivity index (χ3n) is 0.979. The molecule has 0 aromatic rings. The fourth-order valence-corrected chi connectivity index (χ4v) is 0.491. The van der Waals surface area contributed by atoms with Gasteiger partial charge in [0.25, 0.3) is 0 Å². The molecule has 0 fully saturated rings. The highest BCUT2D eigenvalue weighted by Gasteiger charge is 1.93. The van der Waals surface area contributed by atoms with Crippen molar-refractivity contribution < 1.29 is 8.78 Å². The minimum Gasteiger partial charge on any atom is -0.260 e. The predicted octanol–water partition coefficient (Wildman–Crippen LogP) is 2.52. The molecule has 12 heavy (non-hydrogen) atoms. The maximum atomic E-state index is 12.6. The number of hydrogen-bond donors (Lipinski definition) is 0. The van der Waals surface area contributed by atoms with Crippen molar-refractivity contribution in [3.8, 4) is 0 Å². The van der Waals surface area contributed by atoms with Crippen LogP contribution in [0.25, 0.3) is 0 Å².